The van der Waals surface area contributed by atoms with E-state index >= 15 is 0 Å². The molecule has 0 unspecified atom stereocenters. The number of hydrogen-bond acceptors (Lipinski definition) is 4. The van der Waals surface area contributed by atoms with Crippen molar-refractivity contribution < 1.29 is 13.9 Å². The molecule has 0 aliphatic heterocycles. The molecule has 1 aromatic heterocycles. The van der Waals surface area contributed by atoms with Crippen LogP contribution in [0, 0.1) is 6.92 Å². The van der Waals surface area contributed by atoms with Gasteiger partial charge >= 0.3 is 5.63 Å². The van der Waals surface area contributed by atoms with Crippen LogP contribution in [-0.4, -0.2) is 13.0 Å². The van der Waals surface area contributed by atoms with Gasteiger partial charge in [-0.25, -0.2) is 4.79 Å². The van der Waals surface area contributed by atoms with Crippen LogP contribution in [0.2, 0.25) is 5.02 Å². The highest BCUT2D eigenvalue weighted by molar-refractivity contribution is 6.31. The largest absolute Gasteiger partial charge is 0.497 e. The first kappa shape index (κ1) is 18.0. The summed E-state index contributed by atoms with van der Waals surface area (Å²) >= 11 is 6.08. The number of hydrogen-bond donors (Lipinski definition) is 1. The molecule has 6 heteroatoms. The fraction of sp³-hybridized carbons (Fsp3) is 0.200. The van der Waals surface area contributed by atoms with Crippen molar-refractivity contribution in [3.63, 3.8) is 0 Å². The van der Waals surface area contributed by atoms with Gasteiger partial charge in [-0.2, -0.15) is 0 Å². The summed E-state index contributed by atoms with van der Waals surface area (Å²) in [5, 5.41) is 4.15. The van der Waals surface area contributed by atoms with Gasteiger partial charge in [0.05, 0.1) is 19.1 Å². The molecule has 5 nitrogen and oxygen atoms in total. The van der Waals surface area contributed by atoms with E-state index in [1.165, 1.54) is 0 Å². The second-order valence-electron chi connectivity index (χ2n) is 5.90. The average molecular weight is 372 g/mol. The molecule has 0 fully saturated rings. The quantitative estimate of drug-likeness (QED) is 0.695. The Bertz CT molecular complexity index is 1030. The van der Waals surface area contributed by atoms with Crippen LogP contribution >= 0.6 is 11.6 Å². The molecule has 26 heavy (non-hydrogen) atoms. The number of benzene rings is 2. The first-order valence-corrected chi connectivity index (χ1v) is 8.48. The molecule has 1 N–H and O–H groups in total. The maximum atomic E-state index is 12.3. The number of halogens is 1. The van der Waals surface area contributed by atoms with E-state index in [4.69, 9.17) is 20.8 Å². The van der Waals surface area contributed by atoms with Crippen LogP contribution in [0.5, 0.6) is 5.75 Å². The number of nitrogens with one attached hydrogen (secondary N) is 1. The van der Waals surface area contributed by atoms with Crippen molar-refractivity contribution in [1.82, 2.24) is 5.32 Å². The van der Waals surface area contributed by atoms with Gasteiger partial charge in [0.2, 0.25) is 5.91 Å². The fourth-order valence-corrected chi connectivity index (χ4v) is 2.97. The number of carbonyl (C=O) groups is 1. The molecule has 2 aromatic carbocycles. The van der Waals surface area contributed by atoms with Gasteiger partial charge in [-0.3, -0.25) is 4.79 Å². The van der Waals surface area contributed by atoms with Crippen molar-refractivity contribution in [2.45, 2.75) is 19.9 Å². The predicted molar refractivity (Wildman–Crippen MR) is 101 cm³/mol. The van der Waals surface area contributed by atoms with Gasteiger partial charge in [-0.1, -0.05) is 29.8 Å². The Labute approximate surface area is 155 Å². The van der Waals surface area contributed by atoms with Gasteiger partial charge in [0, 0.05) is 23.0 Å². The van der Waals surface area contributed by atoms with Crippen LogP contribution < -0.4 is 15.7 Å². The van der Waals surface area contributed by atoms with Crippen LogP contribution in [0.4, 0.5) is 0 Å². The summed E-state index contributed by atoms with van der Waals surface area (Å²) in [5.41, 5.74) is 1.81. The Hall–Kier alpha value is -2.79. The van der Waals surface area contributed by atoms with Crippen molar-refractivity contribution in [3.8, 4) is 5.75 Å². The number of aryl methyl sites for hydroxylation is 1. The number of fused-ring (bicyclic) bond motifs is 1. The average Bonchev–Trinajstić information content (AvgIpc) is 2.64. The Morgan fingerprint density at radius 3 is 2.73 bits per heavy atom. The van der Waals surface area contributed by atoms with E-state index in [0.717, 1.165) is 16.5 Å². The molecule has 3 rings (SSSR count). The minimum Gasteiger partial charge on any atom is -0.497 e. The van der Waals surface area contributed by atoms with E-state index in [1.807, 2.05) is 31.2 Å². The fourth-order valence-electron chi connectivity index (χ4n) is 2.76. The zero-order valence-electron chi connectivity index (χ0n) is 14.5. The molecule has 0 saturated heterocycles. The molecule has 3 aromatic rings. The van der Waals surface area contributed by atoms with Gasteiger partial charge in [-0.15, -0.1) is 0 Å². The van der Waals surface area contributed by atoms with E-state index in [9.17, 15) is 9.59 Å². The highest BCUT2D eigenvalue weighted by Crippen LogP contribution is 2.24. The van der Waals surface area contributed by atoms with Crippen molar-refractivity contribution in [2.24, 2.45) is 0 Å². The first-order valence-electron chi connectivity index (χ1n) is 8.10. The molecule has 134 valence electrons. The number of amides is 1. The van der Waals surface area contributed by atoms with Gasteiger partial charge in [0.1, 0.15) is 11.3 Å². The lowest BCUT2D eigenvalue weighted by atomic mass is 10.0. The lowest BCUT2D eigenvalue weighted by Crippen LogP contribution is -2.27. The normalized spacial score (nSPS) is 10.7. The van der Waals surface area contributed by atoms with E-state index < -0.39 is 5.63 Å². The third kappa shape index (κ3) is 3.73. The zero-order valence-corrected chi connectivity index (χ0v) is 15.2. The third-order valence-corrected chi connectivity index (χ3v) is 4.63. The summed E-state index contributed by atoms with van der Waals surface area (Å²) in [6.07, 6.45) is -0.0550. The molecule has 0 spiro atoms. The molecule has 0 atom stereocenters. The SMILES string of the molecule is COc1ccc2c(C)c(CC(=O)NCc3ccccc3Cl)c(=O)oc2c1. The van der Waals surface area contributed by atoms with Crippen LogP contribution in [-0.2, 0) is 17.8 Å². The second-order valence-corrected chi connectivity index (χ2v) is 6.31. The predicted octanol–water partition coefficient (Wildman–Crippen LogP) is 3.62. The van der Waals surface area contributed by atoms with Crippen molar-refractivity contribution in [2.75, 3.05) is 7.11 Å². The third-order valence-electron chi connectivity index (χ3n) is 4.27. The molecule has 0 bridgehead atoms. The smallest absolute Gasteiger partial charge is 0.340 e. The molecular weight excluding hydrogens is 354 g/mol. The number of methoxy groups -OCH3 is 1. The second kappa shape index (κ2) is 7.62. The number of carbonyl (C=O) groups excluding carboxylic acids is 1. The molecular formula is C20H18ClNO4. The highest BCUT2D eigenvalue weighted by Gasteiger charge is 2.15. The molecule has 0 radical (unpaired) electrons. The summed E-state index contributed by atoms with van der Waals surface area (Å²) in [6.45, 7) is 2.11. The lowest BCUT2D eigenvalue weighted by Gasteiger charge is -2.10. The summed E-state index contributed by atoms with van der Waals surface area (Å²) in [4.78, 5) is 24.6. The maximum absolute atomic E-state index is 12.3. The monoisotopic (exact) mass is 371 g/mol. The van der Waals surface area contributed by atoms with Crippen LogP contribution in [0.15, 0.2) is 51.7 Å². The zero-order chi connectivity index (χ0) is 18.7. The van der Waals surface area contributed by atoms with Gasteiger partial charge in [0.15, 0.2) is 0 Å². The van der Waals surface area contributed by atoms with Gasteiger partial charge in [0.25, 0.3) is 0 Å². The van der Waals surface area contributed by atoms with Crippen molar-refractivity contribution >= 4 is 28.5 Å². The molecule has 0 saturated carbocycles. The Kier molecular flexibility index (Phi) is 5.28. The van der Waals surface area contributed by atoms with E-state index in [1.54, 1.807) is 25.3 Å². The van der Waals surface area contributed by atoms with E-state index in [-0.39, 0.29) is 12.3 Å². The van der Waals surface area contributed by atoms with Crippen LogP contribution in [0.25, 0.3) is 11.0 Å². The Balaban J connectivity index is 1.81. The Morgan fingerprint density at radius 2 is 2.00 bits per heavy atom. The standard InChI is InChI=1S/C20H18ClNO4/c1-12-15-8-7-14(25-2)9-18(15)26-20(24)16(12)10-19(23)22-11-13-5-3-4-6-17(13)21/h3-9H,10-11H2,1-2H3,(H,22,23). The summed E-state index contributed by atoms with van der Waals surface area (Å²) in [7, 11) is 1.55. The number of ether oxygens (including phenoxy) is 1. The van der Waals surface area contributed by atoms with E-state index in [2.05, 4.69) is 5.32 Å². The molecule has 1 amide bonds. The highest BCUT2D eigenvalue weighted by atomic mass is 35.5. The molecule has 1 heterocycles. The Morgan fingerprint density at radius 1 is 1.23 bits per heavy atom. The van der Waals surface area contributed by atoms with E-state index in [0.29, 0.717) is 28.5 Å². The summed E-state index contributed by atoms with van der Waals surface area (Å²) < 4.78 is 10.5. The molecule has 0 aliphatic carbocycles. The molecule has 0 aliphatic rings. The van der Waals surface area contributed by atoms with Crippen molar-refractivity contribution in [1.29, 1.82) is 0 Å². The maximum Gasteiger partial charge on any atom is 0.340 e. The minimum absolute atomic E-state index is 0.0550. The number of rotatable bonds is 5. The van der Waals surface area contributed by atoms with Crippen LogP contribution in [0.3, 0.4) is 0 Å². The van der Waals surface area contributed by atoms with Gasteiger partial charge < -0.3 is 14.5 Å². The summed E-state index contributed by atoms with van der Waals surface area (Å²) in [6, 6.07) is 12.5. The van der Waals surface area contributed by atoms with Crippen molar-refractivity contribution in [3.05, 3.63) is 74.6 Å². The first-order chi connectivity index (χ1) is 12.5. The lowest BCUT2D eigenvalue weighted by molar-refractivity contribution is -0.120. The summed E-state index contributed by atoms with van der Waals surface area (Å²) in [5.74, 6) is 0.332. The van der Waals surface area contributed by atoms with Gasteiger partial charge in [-0.05, 0) is 36.2 Å². The minimum atomic E-state index is -0.517. The van der Waals surface area contributed by atoms with Crippen LogP contribution in [0.1, 0.15) is 16.7 Å². The topological polar surface area (TPSA) is 68.5 Å².